The molecule has 0 aromatic rings. The fraction of sp³-hybridized carbons (Fsp3) is 0.800. The Hall–Kier alpha value is -0.440. The van der Waals surface area contributed by atoms with Crippen molar-refractivity contribution in [3.63, 3.8) is 0 Å². The van der Waals surface area contributed by atoms with Crippen LogP contribution in [0.3, 0.4) is 0 Å². The van der Waals surface area contributed by atoms with E-state index in [-0.39, 0.29) is 13.0 Å². The highest BCUT2D eigenvalue weighted by Gasteiger charge is 1.96. The van der Waals surface area contributed by atoms with E-state index in [1.54, 1.807) is 6.92 Å². The molecule has 0 saturated heterocycles. The lowest BCUT2D eigenvalue weighted by Gasteiger charge is -1.97. The second-order valence-corrected chi connectivity index (χ2v) is 2.22. The van der Waals surface area contributed by atoms with Gasteiger partial charge in [-0.2, -0.15) is 9.47 Å². The van der Waals surface area contributed by atoms with E-state index >= 15 is 0 Å². The Morgan fingerprint density at radius 3 is 2.80 bits per heavy atom. The first-order valence-electron chi connectivity index (χ1n) is 2.86. The summed E-state index contributed by atoms with van der Waals surface area (Å²) in [5.41, 5.74) is 0. The zero-order valence-corrected chi connectivity index (χ0v) is 6.52. The van der Waals surface area contributed by atoms with Gasteiger partial charge in [0.25, 0.3) is 0 Å². The topological polar surface area (TPSA) is 59.3 Å². The molecule has 0 rings (SSSR count). The van der Waals surface area contributed by atoms with E-state index in [9.17, 15) is 4.21 Å². The highest BCUT2D eigenvalue weighted by molar-refractivity contribution is 7.75. The average Bonchev–Trinajstić information content (AvgIpc) is 1.89. The molecule has 0 aliphatic carbocycles. The third-order valence-electron chi connectivity index (χ3n) is 0.608. The maximum atomic E-state index is 10.5. The molecule has 0 spiro atoms. The third kappa shape index (κ3) is 5.69. The van der Waals surface area contributed by atoms with Crippen molar-refractivity contribution in [3.8, 4) is 6.07 Å². The maximum Gasteiger partial charge on any atom is 0.304 e. The molecule has 0 amide bonds. The fourth-order valence-corrected chi connectivity index (χ4v) is 0.766. The molecule has 5 heteroatoms. The minimum atomic E-state index is -1.67. The van der Waals surface area contributed by atoms with Crippen molar-refractivity contribution in [2.45, 2.75) is 13.3 Å². The number of hydrogen-bond acceptors (Lipinski definition) is 4. The van der Waals surface area contributed by atoms with Gasteiger partial charge in [-0.3, -0.25) is 8.37 Å². The van der Waals surface area contributed by atoms with Crippen molar-refractivity contribution in [3.05, 3.63) is 0 Å². The number of nitrogens with zero attached hydrogens (tertiary/aromatic N) is 1. The van der Waals surface area contributed by atoms with Crippen LogP contribution in [-0.4, -0.2) is 17.4 Å². The van der Waals surface area contributed by atoms with Crippen LogP contribution in [0.1, 0.15) is 13.3 Å². The van der Waals surface area contributed by atoms with Crippen LogP contribution in [0.2, 0.25) is 0 Å². The molecular formula is C5H9NO3S. The number of rotatable bonds is 5. The lowest BCUT2D eigenvalue weighted by atomic mass is 10.5. The van der Waals surface area contributed by atoms with Gasteiger partial charge in [0, 0.05) is 0 Å². The number of hydrogen-bond donors (Lipinski definition) is 0. The molecule has 4 nitrogen and oxygen atoms in total. The minimum absolute atomic E-state index is 0.156. The van der Waals surface area contributed by atoms with Crippen molar-refractivity contribution in [2.75, 3.05) is 13.2 Å². The molecule has 1 unspecified atom stereocenters. The summed E-state index contributed by atoms with van der Waals surface area (Å²) in [4.78, 5) is 0. The zero-order chi connectivity index (χ0) is 7.82. The molecule has 0 fully saturated rings. The van der Waals surface area contributed by atoms with Crippen LogP contribution in [0, 0.1) is 11.3 Å². The van der Waals surface area contributed by atoms with Crippen LogP contribution in [0.25, 0.3) is 0 Å². The molecule has 0 aromatic carbocycles. The van der Waals surface area contributed by atoms with Crippen LogP contribution >= 0.6 is 0 Å². The van der Waals surface area contributed by atoms with Gasteiger partial charge in [0.1, 0.15) is 0 Å². The van der Waals surface area contributed by atoms with Crippen LogP contribution in [0.15, 0.2) is 0 Å². The Labute approximate surface area is 62.6 Å². The first-order valence-corrected chi connectivity index (χ1v) is 3.86. The zero-order valence-electron chi connectivity index (χ0n) is 5.70. The van der Waals surface area contributed by atoms with Crippen molar-refractivity contribution in [1.82, 2.24) is 0 Å². The molecule has 0 N–H and O–H groups in total. The van der Waals surface area contributed by atoms with Gasteiger partial charge in [0.05, 0.1) is 25.7 Å². The third-order valence-corrected chi connectivity index (χ3v) is 1.39. The summed E-state index contributed by atoms with van der Waals surface area (Å²) in [6.07, 6.45) is 0.235. The summed E-state index contributed by atoms with van der Waals surface area (Å²) in [6.45, 7) is 2.22. The fourth-order valence-electron chi connectivity index (χ4n) is 0.286. The maximum absolute atomic E-state index is 10.5. The monoisotopic (exact) mass is 163 g/mol. The minimum Gasteiger partial charge on any atom is -0.269 e. The molecule has 58 valence electrons. The van der Waals surface area contributed by atoms with Gasteiger partial charge in [-0.1, -0.05) is 0 Å². The van der Waals surface area contributed by atoms with Gasteiger partial charge < -0.3 is 0 Å². The Kier molecular flexibility index (Phi) is 6.38. The highest BCUT2D eigenvalue weighted by Crippen LogP contribution is 1.89. The quantitative estimate of drug-likeness (QED) is 0.555. The van der Waals surface area contributed by atoms with Crippen LogP contribution < -0.4 is 0 Å². The van der Waals surface area contributed by atoms with Crippen molar-refractivity contribution in [1.29, 1.82) is 5.26 Å². The van der Waals surface area contributed by atoms with Crippen molar-refractivity contribution >= 4 is 11.4 Å². The molecule has 0 aliphatic rings. The predicted molar refractivity (Wildman–Crippen MR) is 36.0 cm³/mol. The predicted octanol–water partition coefficient (Wildman–Crippen LogP) is 0.532. The molecular weight excluding hydrogens is 154 g/mol. The number of nitriles is 1. The van der Waals surface area contributed by atoms with E-state index in [0.29, 0.717) is 6.61 Å². The molecule has 1 atom stereocenters. The second kappa shape index (κ2) is 6.68. The summed E-state index contributed by atoms with van der Waals surface area (Å²) in [6, 6.07) is 1.85. The summed E-state index contributed by atoms with van der Waals surface area (Å²) in [5, 5.41) is 8.04. The lowest BCUT2D eigenvalue weighted by Crippen LogP contribution is -2.02. The largest absolute Gasteiger partial charge is 0.304 e. The molecule has 0 heterocycles. The average molecular weight is 163 g/mol. The Morgan fingerprint density at radius 1 is 1.60 bits per heavy atom. The first kappa shape index (κ1) is 9.56. The van der Waals surface area contributed by atoms with Gasteiger partial charge in [-0.15, -0.1) is 0 Å². The van der Waals surface area contributed by atoms with Crippen LogP contribution in [0.4, 0.5) is 0 Å². The van der Waals surface area contributed by atoms with Gasteiger partial charge in [0.15, 0.2) is 0 Å². The van der Waals surface area contributed by atoms with Gasteiger partial charge in [0.2, 0.25) is 0 Å². The lowest BCUT2D eigenvalue weighted by molar-refractivity contribution is 0.263. The summed E-state index contributed by atoms with van der Waals surface area (Å²) >= 11 is -1.67. The first-order chi connectivity index (χ1) is 4.81. The van der Waals surface area contributed by atoms with Crippen LogP contribution in [-0.2, 0) is 19.7 Å². The van der Waals surface area contributed by atoms with Gasteiger partial charge >= 0.3 is 11.4 Å². The van der Waals surface area contributed by atoms with E-state index < -0.39 is 11.4 Å². The molecule has 0 bridgehead atoms. The molecule has 0 aliphatic heterocycles. The van der Waals surface area contributed by atoms with Crippen LogP contribution in [0.5, 0.6) is 0 Å². The molecule has 10 heavy (non-hydrogen) atoms. The second-order valence-electron chi connectivity index (χ2n) is 1.34. The Bertz CT molecular complexity index is 142. The summed E-state index contributed by atoms with van der Waals surface area (Å²) in [5.74, 6) is 0. The van der Waals surface area contributed by atoms with E-state index in [2.05, 4.69) is 8.37 Å². The van der Waals surface area contributed by atoms with E-state index in [0.717, 1.165) is 0 Å². The normalized spacial score (nSPS) is 12.4. The van der Waals surface area contributed by atoms with Gasteiger partial charge in [-0.05, 0) is 6.92 Å². The van der Waals surface area contributed by atoms with Gasteiger partial charge in [-0.25, -0.2) is 0 Å². The van der Waals surface area contributed by atoms with Crippen molar-refractivity contribution in [2.24, 2.45) is 0 Å². The van der Waals surface area contributed by atoms with E-state index in [1.807, 2.05) is 6.07 Å². The standard InChI is InChI=1S/C5H9NO3S/c1-2-8-10(7)9-5-3-4-6/h2-3,5H2,1H3. The smallest absolute Gasteiger partial charge is 0.269 e. The molecule has 0 radical (unpaired) electrons. The highest BCUT2D eigenvalue weighted by atomic mass is 32.2. The Balaban J connectivity index is 3.15. The molecule has 0 aromatic heterocycles. The summed E-state index contributed by atoms with van der Waals surface area (Å²) in [7, 11) is 0. The van der Waals surface area contributed by atoms with Crippen molar-refractivity contribution < 1.29 is 12.6 Å². The molecule has 0 saturated carbocycles. The summed E-state index contributed by atoms with van der Waals surface area (Å²) < 4.78 is 19.6. The van der Waals surface area contributed by atoms with E-state index in [4.69, 9.17) is 5.26 Å². The Morgan fingerprint density at radius 2 is 2.30 bits per heavy atom. The SMILES string of the molecule is CCOS(=O)OCCC#N. The van der Waals surface area contributed by atoms with E-state index in [1.165, 1.54) is 0 Å².